The van der Waals surface area contributed by atoms with Gasteiger partial charge in [-0.25, -0.2) is 8.42 Å². The highest BCUT2D eigenvalue weighted by molar-refractivity contribution is 7.91. The Morgan fingerprint density at radius 2 is 1.62 bits per heavy atom. The summed E-state index contributed by atoms with van der Waals surface area (Å²) in [4.78, 5) is 23.0. The molecule has 0 saturated carbocycles. The number of hydrogen-bond donors (Lipinski definition) is 2. The van der Waals surface area contributed by atoms with Crippen molar-refractivity contribution in [1.29, 1.82) is 0 Å². The first-order valence-corrected chi connectivity index (χ1v) is 9.93. The van der Waals surface area contributed by atoms with Gasteiger partial charge in [0.2, 0.25) is 11.8 Å². The molecule has 2 N–H and O–H groups in total. The summed E-state index contributed by atoms with van der Waals surface area (Å²) < 4.78 is 24.6. The van der Waals surface area contributed by atoms with Crippen molar-refractivity contribution in [3.8, 4) is 0 Å². The molecule has 2 rings (SSSR count). The summed E-state index contributed by atoms with van der Waals surface area (Å²) in [6, 6.07) is 15.6. The first-order chi connectivity index (χ1) is 12.4. The van der Waals surface area contributed by atoms with Gasteiger partial charge in [0.05, 0.1) is 10.6 Å². The SMILES string of the molecule is CC(=O)Nc1ccc(S(=O)(=O)CCC(=O)NCCc2ccccc2)cc1. The molecule has 0 radical (unpaired) electrons. The van der Waals surface area contributed by atoms with E-state index in [4.69, 9.17) is 0 Å². The summed E-state index contributed by atoms with van der Waals surface area (Å²) in [5.41, 5.74) is 1.63. The van der Waals surface area contributed by atoms with Crippen LogP contribution in [0.1, 0.15) is 18.9 Å². The average Bonchev–Trinajstić information content (AvgIpc) is 2.61. The van der Waals surface area contributed by atoms with Crippen molar-refractivity contribution in [2.24, 2.45) is 0 Å². The Bertz CT molecular complexity index is 847. The van der Waals surface area contributed by atoms with E-state index in [0.29, 0.717) is 18.7 Å². The third-order valence-electron chi connectivity index (χ3n) is 3.71. The number of carbonyl (C=O) groups is 2. The monoisotopic (exact) mass is 374 g/mol. The van der Waals surface area contributed by atoms with Gasteiger partial charge < -0.3 is 10.6 Å². The first-order valence-electron chi connectivity index (χ1n) is 8.28. The van der Waals surface area contributed by atoms with Crippen molar-refractivity contribution >= 4 is 27.3 Å². The van der Waals surface area contributed by atoms with Crippen LogP contribution >= 0.6 is 0 Å². The molecule has 138 valence electrons. The van der Waals surface area contributed by atoms with Crippen LogP contribution in [0.4, 0.5) is 5.69 Å². The van der Waals surface area contributed by atoms with Crippen LogP contribution in [-0.2, 0) is 25.8 Å². The van der Waals surface area contributed by atoms with Gasteiger partial charge in [-0.15, -0.1) is 0 Å². The Balaban J connectivity index is 1.81. The van der Waals surface area contributed by atoms with Crippen molar-refractivity contribution in [3.63, 3.8) is 0 Å². The summed E-state index contributed by atoms with van der Waals surface area (Å²) in [5, 5.41) is 5.31. The van der Waals surface area contributed by atoms with Crippen molar-refractivity contribution in [1.82, 2.24) is 5.32 Å². The zero-order valence-corrected chi connectivity index (χ0v) is 15.4. The summed E-state index contributed by atoms with van der Waals surface area (Å²) >= 11 is 0. The topological polar surface area (TPSA) is 92.3 Å². The maximum atomic E-state index is 12.3. The van der Waals surface area contributed by atoms with Gasteiger partial charge in [0.15, 0.2) is 9.84 Å². The average molecular weight is 374 g/mol. The maximum absolute atomic E-state index is 12.3. The molecule has 0 aliphatic heterocycles. The predicted molar refractivity (Wildman–Crippen MR) is 101 cm³/mol. The molecule has 26 heavy (non-hydrogen) atoms. The number of rotatable bonds is 8. The summed E-state index contributed by atoms with van der Waals surface area (Å²) in [6.45, 7) is 1.84. The zero-order valence-electron chi connectivity index (χ0n) is 14.6. The van der Waals surface area contributed by atoms with Crippen LogP contribution in [0.5, 0.6) is 0 Å². The number of nitrogens with one attached hydrogen (secondary N) is 2. The molecular weight excluding hydrogens is 352 g/mol. The lowest BCUT2D eigenvalue weighted by Crippen LogP contribution is -2.27. The van der Waals surface area contributed by atoms with Gasteiger partial charge in [0, 0.05) is 25.6 Å². The van der Waals surface area contributed by atoms with Gasteiger partial charge in [-0.1, -0.05) is 30.3 Å². The second-order valence-corrected chi connectivity index (χ2v) is 7.97. The van der Waals surface area contributed by atoms with E-state index < -0.39 is 9.84 Å². The van der Waals surface area contributed by atoms with Crippen LogP contribution in [0, 0.1) is 0 Å². The van der Waals surface area contributed by atoms with Crippen LogP contribution in [0.2, 0.25) is 0 Å². The van der Waals surface area contributed by atoms with Gasteiger partial charge >= 0.3 is 0 Å². The fourth-order valence-electron chi connectivity index (χ4n) is 2.37. The van der Waals surface area contributed by atoms with Crippen LogP contribution in [0.15, 0.2) is 59.5 Å². The van der Waals surface area contributed by atoms with Gasteiger partial charge in [0.25, 0.3) is 0 Å². The molecule has 0 spiro atoms. The summed E-state index contributed by atoms with van der Waals surface area (Å²) in [7, 11) is -3.55. The molecule has 2 amide bonds. The lowest BCUT2D eigenvalue weighted by atomic mass is 10.1. The van der Waals surface area contributed by atoms with E-state index in [-0.39, 0.29) is 28.9 Å². The van der Waals surface area contributed by atoms with Crippen molar-refractivity contribution in [2.75, 3.05) is 17.6 Å². The number of benzene rings is 2. The van der Waals surface area contributed by atoms with Crippen molar-refractivity contribution in [2.45, 2.75) is 24.7 Å². The number of anilines is 1. The highest BCUT2D eigenvalue weighted by Gasteiger charge is 2.16. The van der Waals surface area contributed by atoms with Crippen molar-refractivity contribution in [3.05, 3.63) is 60.2 Å². The second kappa shape index (κ2) is 9.15. The van der Waals surface area contributed by atoms with Gasteiger partial charge in [-0.2, -0.15) is 0 Å². The molecule has 0 aliphatic carbocycles. The van der Waals surface area contributed by atoms with Gasteiger partial charge in [-0.3, -0.25) is 9.59 Å². The van der Waals surface area contributed by atoms with E-state index in [1.165, 1.54) is 31.2 Å². The molecule has 0 atom stereocenters. The van der Waals surface area contributed by atoms with E-state index >= 15 is 0 Å². The summed E-state index contributed by atoms with van der Waals surface area (Å²) in [6.07, 6.45) is 0.606. The Hall–Kier alpha value is -2.67. The van der Waals surface area contributed by atoms with E-state index in [9.17, 15) is 18.0 Å². The minimum absolute atomic E-state index is 0.0927. The van der Waals surface area contributed by atoms with Crippen molar-refractivity contribution < 1.29 is 18.0 Å². The van der Waals surface area contributed by atoms with Crippen LogP contribution in [0.3, 0.4) is 0 Å². The minimum Gasteiger partial charge on any atom is -0.356 e. The molecule has 0 heterocycles. The molecule has 6 nitrogen and oxygen atoms in total. The van der Waals surface area contributed by atoms with Crippen LogP contribution in [-0.4, -0.2) is 32.5 Å². The molecule has 0 unspecified atom stereocenters. The quantitative estimate of drug-likeness (QED) is 0.741. The Morgan fingerprint density at radius 3 is 2.23 bits per heavy atom. The zero-order chi connectivity index (χ0) is 19.0. The maximum Gasteiger partial charge on any atom is 0.221 e. The molecule has 7 heteroatoms. The van der Waals surface area contributed by atoms with E-state index in [1.54, 1.807) is 0 Å². The number of hydrogen-bond acceptors (Lipinski definition) is 4. The van der Waals surface area contributed by atoms with Crippen LogP contribution < -0.4 is 10.6 Å². The number of sulfone groups is 1. The normalized spacial score (nSPS) is 11.0. The number of amides is 2. The largest absolute Gasteiger partial charge is 0.356 e. The Labute approximate surface area is 153 Å². The Morgan fingerprint density at radius 1 is 0.962 bits per heavy atom. The third-order valence-corrected chi connectivity index (χ3v) is 5.44. The van der Waals surface area contributed by atoms with Gasteiger partial charge in [0.1, 0.15) is 0 Å². The standard InChI is InChI=1S/C19H22N2O4S/c1-15(22)21-17-7-9-18(10-8-17)26(24,25)14-12-19(23)20-13-11-16-5-3-2-4-6-16/h2-10H,11-14H2,1H3,(H,20,23)(H,21,22). The van der Waals surface area contributed by atoms with E-state index in [0.717, 1.165) is 5.56 Å². The van der Waals surface area contributed by atoms with E-state index in [2.05, 4.69) is 10.6 Å². The predicted octanol–water partition coefficient (Wildman–Crippen LogP) is 2.17. The third kappa shape index (κ3) is 6.33. The molecule has 2 aromatic rings. The highest BCUT2D eigenvalue weighted by atomic mass is 32.2. The lowest BCUT2D eigenvalue weighted by molar-refractivity contribution is -0.120. The fraction of sp³-hybridized carbons (Fsp3) is 0.263. The summed E-state index contributed by atoms with van der Waals surface area (Å²) in [5.74, 6) is -0.781. The van der Waals surface area contributed by atoms with Crippen LogP contribution in [0.25, 0.3) is 0 Å². The van der Waals surface area contributed by atoms with E-state index in [1.807, 2.05) is 30.3 Å². The molecule has 0 saturated heterocycles. The number of carbonyl (C=O) groups excluding carboxylic acids is 2. The molecule has 0 fully saturated rings. The molecule has 0 aromatic heterocycles. The fourth-order valence-corrected chi connectivity index (χ4v) is 3.61. The molecule has 2 aromatic carbocycles. The molecular formula is C19H22N2O4S. The lowest BCUT2D eigenvalue weighted by Gasteiger charge is -2.08. The second-order valence-electron chi connectivity index (χ2n) is 5.86. The Kier molecular flexibility index (Phi) is 6.91. The smallest absolute Gasteiger partial charge is 0.221 e. The minimum atomic E-state index is -3.55. The molecule has 0 aliphatic rings. The molecule has 0 bridgehead atoms. The van der Waals surface area contributed by atoms with Gasteiger partial charge in [-0.05, 0) is 36.2 Å². The first kappa shape index (κ1) is 19.7. The highest BCUT2D eigenvalue weighted by Crippen LogP contribution is 2.16.